The Morgan fingerprint density at radius 1 is 1.39 bits per heavy atom. The molecule has 1 aliphatic heterocycles. The Labute approximate surface area is 147 Å². The van der Waals surface area contributed by atoms with Gasteiger partial charge in [-0.25, -0.2) is 9.67 Å². The van der Waals surface area contributed by atoms with E-state index in [0.29, 0.717) is 6.04 Å². The summed E-state index contributed by atoms with van der Waals surface area (Å²) in [7, 11) is 0. The lowest BCUT2D eigenvalue weighted by atomic mass is 9.92. The van der Waals surface area contributed by atoms with Crippen LogP contribution in [0.15, 0.2) is 36.8 Å². The molecule has 126 valence electrons. The topological polar surface area (TPSA) is 71.8 Å². The Morgan fingerprint density at radius 3 is 2.83 bits per heavy atom. The van der Waals surface area contributed by atoms with Gasteiger partial charge in [0.15, 0.2) is 5.82 Å². The Balaban J connectivity index is 0.00000132. The molecule has 1 fully saturated rings. The minimum Gasteiger partial charge on any atom is -0.324 e. The van der Waals surface area contributed by atoms with E-state index in [-0.39, 0.29) is 36.6 Å². The summed E-state index contributed by atoms with van der Waals surface area (Å²) in [6, 6.07) is 5.94. The van der Waals surface area contributed by atoms with Crippen molar-refractivity contribution in [2.45, 2.75) is 25.8 Å². The van der Waals surface area contributed by atoms with Crippen LogP contribution in [0.4, 0.5) is 5.69 Å². The van der Waals surface area contributed by atoms with E-state index < -0.39 is 0 Å². The number of aromatic nitrogens is 3. The quantitative estimate of drug-likeness (QED) is 0.884. The van der Waals surface area contributed by atoms with Crippen LogP contribution in [0.3, 0.4) is 0 Å². The molecule has 1 saturated heterocycles. The zero-order valence-electron chi connectivity index (χ0n) is 12.8. The van der Waals surface area contributed by atoms with E-state index in [0.717, 1.165) is 30.9 Å². The fourth-order valence-corrected chi connectivity index (χ4v) is 2.61. The third kappa shape index (κ3) is 4.92. The molecule has 0 saturated carbocycles. The predicted molar refractivity (Wildman–Crippen MR) is 94.7 cm³/mol. The smallest absolute Gasteiger partial charge is 0.227 e. The summed E-state index contributed by atoms with van der Waals surface area (Å²) in [6.07, 6.45) is 6.96. The first-order valence-electron chi connectivity index (χ1n) is 7.22. The number of nitrogens with one attached hydrogen (secondary N) is 2. The van der Waals surface area contributed by atoms with E-state index >= 15 is 0 Å². The van der Waals surface area contributed by atoms with Crippen molar-refractivity contribution in [1.82, 2.24) is 20.1 Å². The van der Waals surface area contributed by atoms with Gasteiger partial charge in [0, 0.05) is 24.4 Å². The van der Waals surface area contributed by atoms with Gasteiger partial charge in [-0.1, -0.05) is 0 Å². The summed E-state index contributed by atoms with van der Waals surface area (Å²) in [5.74, 6) is 0.887. The summed E-state index contributed by atoms with van der Waals surface area (Å²) < 4.78 is 1.68. The fourth-order valence-electron chi connectivity index (χ4n) is 2.61. The van der Waals surface area contributed by atoms with Gasteiger partial charge in [-0.05, 0) is 44.5 Å². The van der Waals surface area contributed by atoms with Gasteiger partial charge in [0.1, 0.15) is 0 Å². The van der Waals surface area contributed by atoms with Gasteiger partial charge in [0.25, 0.3) is 0 Å². The first-order valence-corrected chi connectivity index (χ1v) is 7.22. The maximum atomic E-state index is 12.2. The molecule has 0 bridgehead atoms. The maximum absolute atomic E-state index is 12.2. The highest BCUT2D eigenvalue weighted by Gasteiger charge is 2.24. The Bertz CT molecular complexity index is 603. The predicted octanol–water partition coefficient (Wildman–Crippen LogP) is 2.44. The lowest BCUT2D eigenvalue weighted by Gasteiger charge is -2.27. The monoisotopic (exact) mass is 357 g/mol. The van der Waals surface area contributed by atoms with Crippen LogP contribution >= 0.6 is 24.8 Å². The fraction of sp³-hybridized carbons (Fsp3) is 0.400. The van der Waals surface area contributed by atoms with Crippen molar-refractivity contribution in [3.8, 4) is 5.82 Å². The molecule has 0 unspecified atom stereocenters. The van der Waals surface area contributed by atoms with E-state index in [1.54, 1.807) is 17.1 Å². The summed E-state index contributed by atoms with van der Waals surface area (Å²) in [4.78, 5) is 16.6. The van der Waals surface area contributed by atoms with Crippen LogP contribution in [0.5, 0.6) is 0 Å². The molecule has 0 aromatic carbocycles. The van der Waals surface area contributed by atoms with Crippen molar-refractivity contribution < 1.29 is 4.79 Å². The minimum absolute atomic E-state index is 0. The molecule has 0 spiro atoms. The van der Waals surface area contributed by atoms with Crippen molar-refractivity contribution >= 4 is 36.4 Å². The van der Waals surface area contributed by atoms with Crippen LogP contribution in [0.1, 0.15) is 19.8 Å². The second kappa shape index (κ2) is 8.86. The summed E-state index contributed by atoms with van der Waals surface area (Å²) in [5.41, 5.74) is 0.724. The Kier molecular flexibility index (Phi) is 7.48. The van der Waals surface area contributed by atoms with Crippen molar-refractivity contribution in [3.05, 3.63) is 36.8 Å². The lowest BCUT2D eigenvalue weighted by molar-refractivity contribution is -0.120. The molecule has 1 aliphatic rings. The van der Waals surface area contributed by atoms with Gasteiger partial charge in [-0.15, -0.1) is 24.8 Å². The third-order valence-electron chi connectivity index (χ3n) is 3.75. The Hall–Kier alpha value is -1.63. The first-order chi connectivity index (χ1) is 10.2. The number of pyridine rings is 1. The van der Waals surface area contributed by atoms with Crippen LogP contribution in [-0.2, 0) is 4.79 Å². The number of halogens is 2. The van der Waals surface area contributed by atoms with Crippen molar-refractivity contribution in [3.63, 3.8) is 0 Å². The Morgan fingerprint density at radius 2 is 2.22 bits per heavy atom. The number of hydrogen-bond acceptors (Lipinski definition) is 4. The van der Waals surface area contributed by atoms with Gasteiger partial charge >= 0.3 is 0 Å². The molecule has 1 amide bonds. The van der Waals surface area contributed by atoms with Crippen LogP contribution in [0, 0.1) is 5.92 Å². The van der Waals surface area contributed by atoms with Gasteiger partial charge in [-0.3, -0.25) is 4.79 Å². The summed E-state index contributed by atoms with van der Waals surface area (Å²) in [5, 5.41) is 10.4. The molecular weight excluding hydrogens is 337 g/mol. The number of hydrogen-bond donors (Lipinski definition) is 2. The number of carbonyl (C=O) groups is 1. The van der Waals surface area contributed by atoms with E-state index in [4.69, 9.17) is 0 Å². The van der Waals surface area contributed by atoms with Crippen molar-refractivity contribution in [2.24, 2.45) is 5.92 Å². The second-order valence-corrected chi connectivity index (χ2v) is 5.42. The molecule has 6 nitrogen and oxygen atoms in total. The van der Waals surface area contributed by atoms with E-state index in [1.807, 2.05) is 24.4 Å². The standard InChI is InChI=1S/C15H19N5O.2ClH/c1-11-9-12(5-7-16-11)15(21)19-13-3-4-14(17-10-13)20-8-2-6-18-20;;/h2-4,6,8,10-12,16H,5,7,9H2,1H3,(H,19,21);2*1H/t11-,12-;;/m0../s1. The maximum Gasteiger partial charge on any atom is 0.227 e. The van der Waals surface area contributed by atoms with Crippen molar-refractivity contribution in [1.29, 1.82) is 0 Å². The molecule has 0 radical (unpaired) electrons. The van der Waals surface area contributed by atoms with Crippen molar-refractivity contribution in [2.75, 3.05) is 11.9 Å². The normalized spacial score (nSPS) is 20.0. The highest BCUT2D eigenvalue weighted by atomic mass is 35.5. The molecule has 2 N–H and O–H groups in total. The lowest BCUT2D eigenvalue weighted by Crippen LogP contribution is -2.40. The molecule has 3 heterocycles. The highest BCUT2D eigenvalue weighted by Crippen LogP contribution is 2.18. The molecular formula is C15H21Cl2N5O. The summed E-state index contributed by atoms with van der Waals surface area (Å²) >= 11 is 0. The SMILES string of the molecule is C[C@H]1C[C@@H](C(=O)Nc2ccc(-n3cccn3)nc2)CCN1.Cl.Cl. The summed E-state index contributed by atoms with van der Waals surface area (Å²) in [6.45, 7) is 3.01. The highest BCUT2D eigenvalue weighted by molar-refractivity contribution is 5.92. The third-order valence-corrected chi connectivity index (χ3v) is 3.75. The van der Waals surface area contributed by atoms with E-state index in [2.05, 4.69) is 27.6 Å². The molecule has 2 aromatic rings. The number of amides is 1. The van der Waals surface area contributed by atoms with Gasteiger partial charge in [-0.2, -0.15) is 5.10 Å². The molecule has 2 atom stereocenters. The van der Waals surface area contributed by atoms with E-state index in [9.17, 15) is 4.79 Å². The van der Waals surface area contributed by atoms with Gasteiger partial charge in [0.05, 0.1) is 11.9 Å². The first kappa shape index (κ1) is 19.4. The van der Waals surface area contributed by atoms with E-state index in [1.165, 1.54) is 0 Å². The van der Waals surface area contributed by atoms with Gasteiger partial charge < -0.3 is 10.6 Å². The van der Waals surface area contributed by atoms with Crippen LogP contribution in [0.2, 0.25) is 0 Å². The number of rotatable bonds is 3. The van der Waals surface area contributed by atoms with Crippen LogP contribution < -0.4 is 10.6 Å². The zero-order chi connectivity index (χ0) is 14.7. The molecule has 0 aliphatic carbocycles. The number of piperidine rings is 1. The van der Waals surface area contributed by atoms with Crippen LogP contribution in [-0.4, -0.2) is 33.3 Å². The second-order valence-electron chi connectivity index (χ2n) is 5.42. The zero-order valence-corrected chi connectivity index (χ0v) is 14.4. The number of carbonyl (C=O) groups excluding carboxylic acids is 1. The number of anilines is 1. The largest absolute Gasteiger partial charge is 0.324 e. The average molecular weight is 358 g/mol. The molecule has 23 heavy (non-hydrogen) atoms. The van der Waals surface area contributed by atoms with Gasteiger partial charge in [0.2, 0.25) is 5.91 Å². The van der Waals surface area contributed by atoms with Crippen LogP contribution in [0.25, 0.3) is 5.82 Å². The number of nitrogens with zero attached hydrogens (tertiary/aromatic N) is 3. The molecule has 8 heteroatoms. The minimum atomic E-state index is 0. The molecule has 3 rings (SSSR count). The molecule has 2 aromatic heterocycles. The average Bonchev–Trinajstić information content (AvgIpc) is 3.02.